The van der Waals surface area contributed by atoms with E-state index in [-0.39, 0.29) is 18.1 Å². The van der Waals surface area contributed by atoms with E-state index in [1.807, 2.05) is 0 Å². The van der Waals surface area contributed by atoms with E-state index in [0.29, 0.717) is 22.7 Å². The van der Waals surface area contributed by atoms with E-state index >= 15 is 0 Å². The summed E-state index contributed by atoms with van der Waals surface area (Å²) in [5.41, 5.74) is 5.22. The maximum absolute atomic E-state index is 11.9. The molecule has 2 aromatic carbocycles. The van der Waals surface area contributed by atoms with Gasteiger partial charge in [-0.15, -0.1) is 5.10 Å². The van der Waals surface area contributed by atoms with E-state index in [0.717, 1.165) is 5.56 Å². The SMILES string of the molecule is O=C(O)c1ccc(-n2cc(COc3ccc(/C=N/NC(=O)c4ccncc4)cc3)nn2)cc1. The fraction of sp³-hybridized carbons (Fsp3) is 0.0435. The highest BCUT2D eigenvalue weighted by molar-refractivity contribution is 5.94. The second-order valence-electron chi connectivity index (χ2n) is 6.80. The fourth-order valence-corrected chi connectivity index (χ4v) is 2.79. The van der Waals surface area contributed by atoms with Crippen molar-refractivity contribution in [1.82, 2.24) is 25.4 Å². The summed E-state index contributed by atoms with van der Waals surface area (Å²) in [5, 5.41) is 21.0. The van der Waals surface area contributed by atoms with E-state index in [2.05, 4.69) is 25.8 Å². The monoisotopic (exact) mass is 442 g/mol. The van der Waals surface area contributed by atoms with E-state index in [1.165, 1.54) is 30.7 Å². The molecule has 0 unspecified atom stereocenters. The standard InChI is InChI=1S/C23H18N6O4/c30-22(17-9-11-24-12-10-17)27-25-13-16-1-7-21(8-2-16)33-15-19-14-29(28-26-19)20-5-3-18(4-6-20)23(31)32/h1-14H,15H2,(H,27,30)(H,31,32)/b25-13+. The van der Waals surface area contributed by atoms with Crippen molar-refractivity contribution < 1.29 is 19.4 Å². The van der Waals surface area contributed by atoms with Crippen LogP contribution < -0.4 is 10.2 Å². The van der Waals surface area contributed by atoms with Crippen LogP contribution in [-0.2, 0) is 6.61 Å². The first-order valence-corrected chi connectivity index (χ1v) is 9.80. The first-order valence-electron chi connectivity index (χ1n) is 9.80. The molecule has 10 heteroatoms. The predicted molar refractivity (Wildman–Crippen MR) is 118 cm³/mol. The molecule has 0 bridgehead atoms. The molecule has 0 atom stereocenters. The Balaban J connectivity index is 1.29. The molecule has 1 amide bonds. The lowest BCUT2D eigenvalue weighted by Gasteiger charge is -2.04. The summed E-state index contributed by atoms with van der Waals surface area (Å²) >= 11 is 0. The molecule has 0 aliphatic carbocycles. The van der Waals surface area contributed by atoms with Crippen LogP contribution in [0.4, 0.5) is 0 Å². The van der Waals surface area contributed by atoms with Crippen LogP contribution in [0.15, 0.2) is 84.4 Å². The van der Waals surface area contributed by atoms with Crippen LogP contribution in [0.2, 0.25) is 0 Å². The van der Waals surface area contributed by atoms with Gasteiger partial charge >= 0.3 is 5.97 Å². The largest absolute Gasteiger partial charge is 0.487 e. The molecule has 4 rings (SSSR count). The average molecular weight is 442 g/mol. The Hall–Kier alpha value is -4.86. The number of hydrogen-bond acceptors (Lipinski definition) is 7. The molecule has 0 radical (unpaired) electrons. The third kappa shape index (κ3) is 5.64. The predicted octanol–water partition coefficient (Wildman–Crippen LogP) is 2.70. The van der Waals surface area contributed by atoms with E-state index in [4.69, 9.17) is 9.84 Å². The summed E-state index contributed by atoms with van der Waals surface area (Å²) in [6.45, 7) is 0.211. The molecular weight excluding hydrogens is 424 g/mol. The summed E-state index contributed by atoms with van der Waals surface area (Å²) < 4.78 is 7.28. The van der Waals surface area contributed by atoms with Gasteiger partial charge in [-0.2, -0.15) is 5.10 Å². The number of benzene rings is 2. The second kappa shape index (κ2) is 9.96. The van der Waals surface area contributed by atoms with Gasteiger partial charge < -0.3 is 9.84 Å². The Bertz CT molecular complexity index is 1270. The van der Waals surface area contributed by atoms with Crippen molar-refractivity contribution in [1.29, 1.82) is 0 Å². The first-order chi connectivity index (χ1) is 16.1. The van der Waals surface area contributed by atoms with Gasteiger partial charge in [-0.1, -0.05) is 5.21 Å². The minimum atomic E-state index is -0.985. The second-order valence-corrected chi connectivity index (χ2v) is 6.80. The van der Waals surface area contributed by atoms with Crippen LogP contribution in [0.3, 0.4) is 0 Å². The van der Waals surface area contributed by atoms with Crippen LogP contribution >= 0.6 is 0 Å². The summed E-state index contributed by atoms with van der Waals surface area (Å²) in [5.74, 6) is -0.672. The third-order valence-corrected chi connectivity index (χ3v) is 4.51. The van der Waals surface area contributed by atoms with Gasteiger partial charge in [-0.05, 0) is 66.2 Å². The van der Waals surface area contributed by atoms with Gasteiger partial charge in [0.25, 0.3) is 5.91 Å². The smallest absolute Gasteiger partial charge is 0.335 e. The topological polar surface area (TPSA) is 132 Å². The highest BCUT2D eigenvalue weighted by Crippen LogP contribution is 2.14. The van der Waals surface area contributed by atoms with Crippen LogP contribution in [0.1, 0.15) is 32.0 Å². The number of amides is 1. The average Bonchev–Trinajstić information content (AvgIpc) is 3.33. The Labute approximate surface area is 188 Å². The first kappa shape index (κ1) is 21.4. The molecule has 4 aromatic rings. The highest BCUT2D eigenvalue weighted by atomic mass is 16.5. The van der Waals surface area contributed by atoms with Crippen molar-refractivity contribution in [2.24, 2.45) is 5.10 Å². The van der Waals surface area contributed by atoms with Crippen LogP contribution in [0, 0.1) is 0 Å². The van der Waals surface area contributed by atoms with Crippen molar-refractivity contribution >= 4 is 18.1 Å². The highest BCUT2D eigenvalue weighted by Gasteiger charge is 2.07. The van der Waals surface area contributed by atoms with Gasteiger partial charge in [0, 0.05) is 18.0 Å². The van der Waals surface area contributed by atoms with Crippen LogP contribution in [0.25, 0.3) is 5.69 Å². The molecular formula is C23H18N6O4. The van der Waals surface area contributed by atoms with E-state index in [9.17, 15) is 9.59 Å². The molecule has 10 nitrogen and oxygen atoms in total. The molecule has 2 aromatic heterocycles. The number of rotatable bonds is 8. The number of pyridine rings is 1. The molecule has 0 saturated carbocycles. The Kier molecular flexibility index (Phi) is 6.45. The van der Waals surface area contributed by atoms with Gasteiger partial charge in [0.05, 0.1) is 23.7 Å². The lowest BCUT2D eigenvalue weighted by molar-refractivity contribution is 0.0696. The maximum atomic E-state index is 11.9. The van der Waals surface area contributed by atoms with Crippen LogP contribution in [-0.4, -0.2) is 43.2 Å². The Morgan fingerprint density at radius 3 is 2.42 bits per heavy atom. The molecule has 0 spiro atoms. The minimum Gasteiger partial charge on any atom is -0.487 e. The Morgan fingerprint density at radius 2 is 1.73 bits per heavy atom. The van der Waals surface area contributed by atoms with Gasteiger partial charge in [-0.3, -0.25) is 9.78 Å². The zero-order valence-electron chi connectivity index (χ0n) is 17.2. The van der Waals surface area contributed by atoms with Crippen molar-refractivity contribution in [3.63, 3.8) is 0 Å². The lowest BCUT2D eigenvalue weighted by atomic mass is 10.2. The number of aromatic nitrogens is 4. The summed E-state index contributed by atoms with van der Waals surface area (Å²) in [7, 11) is 0. The maximum Gasteiger partial charge on any atom is 0.335 e. The van der Waals surface area contributed by atoms with Crippen molar-refractivity contribution in [3.05, 3.63) is 102 Å². The van der Waals surface area contributed by atoms with Gasteiger partial charge in [0.1, 0.15) is 18.1 Å². The van der Waals surface area contributed by atoms with Crippen molar-refractivity contribution in [2.75, 3.05) is 0 Å². The van der Waals surface area contributed by atoms with Gasteiger partial charge in [0.15, 0.2) is 0 Å². The van der Waals surface area contributed by atoms with Crippen LogP contribution in [0.5, 0.6) is 5.75 Å². The Morgan fingerprint density at radius 1 is 1.00 bits per heavy atom. The molecule has 164 valence electrons. The summed E-state index contributed by atoms with van der Waals surface area (Å²) in [6.07, 6.45) is 6.32. The number of aromatic carboxylic acids is 1. The number of carboxylic acids is 1. The fourth-order valence-electron chi connectivity index (χ4n) is 2.79. The molecule has 2 heterocycles. The zero-order chi connectivity index (χ0) is 23.0. The van der Waals surface area contributed by atoms with E-state index < -0.39 is 5.97 Å². The lowest BCUT2D eigenvalue weighted by Crippen LogP contribution is -2.17. The van der Waals surface area contributed by atoms with Crippen molar-refractivity contribution in [3.8, 4) is 11.4 Å². The summed E-state index contributed by atoms with van der Waals surface area (Å²) in [6, 6.07) is 16.7. The molecule has 0 aliphatic heterocycles. The van der Waals surface area contributed by atoms with Gasteiger partial charge in [-0.25, -0.2) is 14.9 Å². The molecule has 0 aliphatic rings. The number of carboxylic acid groups (broad SMARTS) is 1. The number of ether oxygens (including phenoxy) is 1. The number of carbonyl (C=O) groups is 2. The minimum absolute atomic E-state index is 0.201. The zero-order valence-corrected chi connectivity index (χ0v) is 17.2. The number of nitrogens with zero attached hydrogens (tertiary/aromatic N) is 5. The number of hydrogen-bond donors (Lipinski definition) is 2. The quantitative estimate of drug-likeness (QED) is 0.317. The van der Waals surface area contributed by atoms with Gasteiger partial charge in [0.2, 0.25) is 0 Å². The molecule has 0 fully saturated rings. The molecule has 33 heavy (non-hydrogen) atoms. The molecule has 0 saturated heterocycles. The van der Waals surface area contributed by atoms with Crippen molar-refractivity contribution in [2.45, 2.75) is 6.61 Å². The summed E-state index contributed by atoms with van der Waals surface area (Å²) in [4.78, 5) is 26.7. The third-order valence-electron chi connectivity index (χ3n) is 4.51. The number of nitrogens with one attached hydrogen (secondary N) is 1. The molecule has 2 N–H and O–H groups in total. The van der Waals surface area contributed by atoms with E-state index in [1.54, 1.807) is 59.4 Å². The number of hydrazone groups is 1. The number of carbonyl (C=O) groups excluding carboxylic acids is 1. The normalized spacial score (nSPS) is 10.8.